The van der Waals surface area contributed by atoms with E-state index in [0.29, 0.717) is 10.6 Å². The summed E-state index contributed by atoms with van der Waals surface area (Å²) in [7, 11) is -3.23. The van der Waals surface area contributed by atoms with Crippen molar-refractivity contribution in [2.24, 2.45) is 0 Å². The average molecular weight is 282 g/mol. The third-order valence-electron chi connectivity index (χ3n) is 2.55. The van der Waals surface area contributed by atoms with E-state index in [4.69, 9.17) is 0 Å². The highest BCUT2D eigenvalue weighted by molar-refractivity contribution is 7.90. The smallest absolute Gasteiger partial charge is 0.177 e. The first-order valence-electron chi connectivity index (χ1n) is 5.42. The largest absolute Gasteiger partial charge is 0.376 e. The van der Waals surface area contributed by atoms with Crippen LogP contribution >= 0.6 is 11.3 Å². The molecule has 1 atom stereocenters. The van der Waals surface area contributed by atoms with Crippen molar-refractivity contribution in [2.75, 3.05) is 11.6 Å². The molecule has 1 aromatic heterocycles. The molecular formula is C12H14N2O2S2. The molecule has 0 radical (unpaired) electrons. The van der Waals surface area contributed by atoms with E-state index >= 15 is 0 Å². The number of rotatable bonds is 4. The minimum absolute atomic E-state index is 0.0286. The fraction of sp³-hybridized carbons (Fsp3) is 0.250. The van der Waals surface area contributed by atoms with Crippen LogP contribution in [0.3, 0.4) is 0 Å². The first kappa shape index (κ1) is 13.0. The number of aromatic nitrogens is 1. The third kappa shape index (κ3) is 2.88. The molecule has 1 aromatic carbocycles. The Balaban J connectivity index is 2.30. The third-order valence-corrected chi connectivity index (χ3v) is 4.31. The number of hydrogen-bond acceptors (Lipinski definition) is 5. The number of nitrogens with one attached hydrogen (secondary N) is 1. The standard InChI is InChI=1S/C12H14N2O2S2/c1-9(11-7-17-8-13-11)14-10-5-3-4-6-12(10)18(2,15)16/h3-9,14H,1-2H3. The fourth-order valence-corrected chi connectivity index (χ4v) is 3.15. The van der Waals surface area contributed by atoms with Crippen LogP contribution in [0.15, 0.2) is 40.1 Å². The minimum atomic E-state index is -3.23. The van der Waals surface area contributed by atoms with E-state index < -0.39 is 9.84 Å². The van der Waals surface area contributed by atoms with E-state index in [9.17, 15) is 8.42 Å². The number of para-hydroxylation sites is 1. The molecule has 18 heavy (non-hydrogen) atoms. The van der Waals surface area contributed by atoms with Crippen LogP contribution in [0.1, 0.15) is 18.7 Å². The lowest BCUT2D eigenvalue weighted by molar-refractivity contribution is 0.602. The van der Waals surface area contributed by atoms with E-state index in [1.165, 1.54) is 17.6 Å². The van der Waals surface area contributed by atoms with Crippen LogP contribution in [-0.2, 0) is 9.84 Å². The molecular weight excluding hydrogens is 268 g/mol. The second-order valence-corrected chi connectivity index (χ2v) is 6.75. The monoisotopic (exact) mass is 282 g/mol. The summed E-state index contributed by atoms with van der Waals surface area (Å²) in [6.45, 7) is 1.95. The molecule has 0 bridgehead atoms. The zero-order chi connectivity index (χ0) is 13.2. The van der Waals surface area contributed by atoms with Crippen molar-refractivity contribution in [3.05, 3.63) is 40.8 Å². The summed E-state index contributed by atoms with van der Waals surface area (Å²) in [6, 6.07) is 6.86. The Labute approximate surface area is 111 Å². The Kier molecular flexibility index (Phi) is 3.68. The lowest BCUT2D eigenvalue weighted by Gasteiger charge is -2.15. The van der Waals surface area contributed by atoms with E-state index in [1.807, 2.05) is 18.4 Å². The van der Waals surface area contributed by atoms with E-state index in [2.05, 4.69) is 10.3 Å². The maximum absolute atomic E-state index is 11.7. The summed E-state index contributed by atoms with van der Waals surface area (Å²) in [5.74, 6) is 0. The molecule has 1 heterocycles. The van der Waals surface area contributed by atoms with Gasteiger partial charge in [-0.3, -0.25) is 0 Å². The van der Waals surface area contributed by atoms with Crippen molar-refractivity contribution in [2.45, 2.75) is 17.9 Å². The van der Waals surface area contributed by atoms with E-state index in [0.717, 1.165) is 5.69 Å². The summed E-state index contributed by atoms with van der Waals surface area (Å²) >= 11 is 1.52. The number of nitrogens with zero attached hydrogens (tertiary/aromatic N) is 1. The summed E-state index contributed by atoms with van der Waals surface area (Å²) < 4.78 is 23.3. The van der Waals surface area contributed by atoms with Crippen LogP contribution in [0.2, 0.25) is 0 Å². The Morgan fingerprint density at radius 2 is 2.06 bits per heavy atom. The van der Waals surface area contributed by atoms with Crippen molar-refractivity contribution in [3.8, 4) is 0 Å². The molecule has 0 saturated heterocycles. The van der Waals surface area contributed by atoms with Gasteiger partial charge in [-0.2, -0.15) is 0 Å². The van der Waals surface area contributed by atoms with Crippen LogP contribution in [0, 0.1) is 0 Å². The summed E-state index contributed by atoms with van der Waals surface area (Å²) in [4.78, 5) is 4.52. The number of benzene rings is 1. The van der Waals surface area contributed by atoms with Gasteiger partial charge in [0, 0.05) is 11.6 Å². The first-order valence-corrected chi connectivity index (χ1v) is 8.25. The van der Waals surface area contributed by atoms with Gasteiger partial charge in [0.05, 0.1) is 27.8 Å². The van der Waals surface area contributed by atoms with Crippen LogP contribution in [-0.4, -0.2) is 19.7 Å². The highest BCUT2D eigenvalue weighted by atomic mass is 32.2. The molecule has 0 aliphatic carbocycles. The molecule has 1 unspecified atom stereocenters. The zero-order valence-electron chi connectivity index (χ0n) is 10.1. The van der Waals surface area contributed by atoms with Crippen molar-refractivity contribution in [1.29, 1.82) is 0 Å². The van der Waals surface area contributed by atoms with E-state index in [-0.39, 0.29) is 6.04 Å². The second kappa shape index (κ2) is 5.07. The Bertz CT molecular complexity index is 621. The summed E-state index contributed by atoms with van der Waals surface area (Å²) in [5, 5.41) is 5.13. The van der Waals surface area contributed by atoms with Gasteiger partial charge in [0.15, 0.2) is 9.84 Å². The van der Waals surface area contributed by atoms with Gasteiger partial charge in [-0.25, -0.2) is 13.4 Å². The van der Waals surface area contributed by atoms with Gasteiger partial charge in [0.1, 0.15) is 0 Å². The van der Waals surface area contributed by atoms with Crippen molar-refractivity contribution in [3.63, 3.8) is 0 Å². The Morgan fingerprint density at radius 3 is 2.67 bits per heavy atom. The quantitative estimate of drug-likeness (QED) is 0.936. The molecule has 2 aromatic rings. The molecule has 0 spiro atoms. The number of hydrogen-bond donors (Lipinski definition) is 1. The number of sulfone groups is 1. The predicted octanol–water partition coefficient (Wildman–Crippen LogP) is 2.72. The molecule has 0 aliphatic rings. The van der Waals surface area contributed by atoms with Crippen molar-refractivity contribution < 1.29 is 8.42 Å². The van der Waals surface area contributed by atoms with Gasteiger partial charge in [-0.15, -0.1) is 11.3 Å². The van der Waals surface area contributed by atoms with Crippen molar-refractivity contribution >= 4 is 26.9 Å². The van der Waals surface area contributed by atoms with Gasteiger partial charge >= 0.3 is 0 Å². The van der Waals surface area contributed by atoms with Gasteiger partial charge in [-0.1, -0.05) is 12.1 Å². The van der Waals surface area contributed by atoms with Gasteiger partial charge < -0.3 is 5.32 Å². The van der Waals surface area contributed by atoms with Gasteiger partial charge in [0.2, 0.25) is 0 Å². The molecule has 6 heteroatoms. The maximum atomic E-state index is 11.7. The number of anilines is 1. The average Bonchev–Trinajstić information content (AvgIpc) is 2.81. The molecule has 96 valence electrons. The topological polar surface area (TPSA) is 59.1 Å². The molecule has 1 N–H and O–H groups in total. The molecule has 0 amide bonds. The maximum Gasteiger partial charge on any atom is 0.177 e. The van der Waals surface area contributed by atoms with Crippen LogP contribution in [0.5, 0.6) is 0 Å². The summed E-state index contributed by atoms with van der Waals surface area (Å²) in [6.07, 6.45) is 1.21. The zero-order valence-corrected chi connectivity index (χ0v) is 11.8. The lowest BCUT2D eigenvalue weighted by atomic mass is 10.2. The first-order chi connectivity index (χ1) is 8.48. The highest BCUT2D eigenvalue weighted by Crippen LogP contribution is 2.25. The normalized spacial score (nSPS) is 13.2. The molecule has 4 nitrogen and oxygen atoms in total. The van der Waals surface area contributed by atoms with Crippen molar-refractivity contribution in [1.82, 2.24) is 4.98 Å². The minimum Gasteiger partial charge on any atom is -0.376 e. The molecule has 0 saturated carbocycles. The molecule has 2 rings (SSSR count). The van der Waals surface area contributed by atoms with Crippen LogP contribution in [0.25, 0.3) is 0 Å². The van der Waals surface area contributed by atoms with Gasteiger partial charge in [-0.05, 0) is 19.1 Å². The SMILES string of the molecule is CC(Nc1ccccc1S(C)(=O)=O)c1cscn1. The van der Waals surface area contributed by atoms with Gasteiger partial charge in [0.25, 0.3) is 0 Å². The van der Waals surface area contributed by atoms with Crippen LogP contribution in [0.4, 0.5) is 5.69 Å². The summed E-state index contributed by atoms with van der Waals surface area (Å²) in [5.41, 5.74) is 3.28. The lowest BCUT2D eigenvalue weighted by Crippen LogP contribution is -2.10. The molecule has 0 aliphatic heterocycles. The molecule has 0 fully saturated rings. The Morgan fingerprint density at radius 1 is 1.33 bits per heavy atom. The highest BCUT2D eigenvalue weighted by Gasteiger charge is 2.15. The predicted molar refractivity (Wildman–Crippen MR) is 73.7 cm³/mol. The number of thiazole rings is 1. The second-order valence-electron chi connectivity index (χ2n) is 4.05. The Hall–Kier alpha value is -1.40. The fourth-order valence-electron chi connectivity index (χ4n) is 1.65. The van der Waals surface area contributed by atoms with Crippen LogP contribution < -0.4 is 5.32 Å². The van der Waals surface area contributed by atoms with E-state index in [1.54, 1.807) is 23.7 Å².